The maximum Gasteiger partial charge on any atom is 0.408 e. The smallest absolute Gasteiger partial charge is 0.408 e. The fourth-order valence-electron chi connectivity index (χ4n) is 2.49. The summed E-state index contributed by atoms with van der Waals surface area (Å²) in [5.41, 5.74) is 0.850. The molecule has 2 amide bonds. The van der Waals surface area contributed by atoms with Crippen molar-refractivity contribution in [3.05, 3.63) is 35.9 Å². The molecule has 1 aromatic carbocycles. The summed E-state index contributed by atoms with van der Waals surface area (Å²) in [6.07, 6.45) is 1.47. The van der Waals surface area contributed by atoms with Crippen molar-refractivity contribution in [1.82, 2.24) is 10.6 Å². The van der Waals surface area contributed by atoms with Crippen molar-refractivity contribution in [3.8, 4) is 0 Å². The van der Waals surface area contributed by atoms with Crippen molar-refractivity contribution in [2.45, 2.75) is 58.7 Å². The molecule has 0 bridgehead atoms. The van der Waals surface area contributed by atoms with Crippen molar-refractivity contribution in [2.24, 2.45) is 5.92 Å². The topological polar surface area (TPSA) is 93.7 Å². The lowest BCUT2D eigenvalue weighted by atomic mass is 10.0. The molecule has 0 aliphatic carbocycles. The first kappa shape index (κ1) is 22.5. The Morgan fingerprint density at radius 1 is 1.07 bits per heavy atom. The van der Waals surface area contributed by atoms with Crippen LogP contribution in [0.3, 0.4) is 0 Å². The average molecular weight is 378 g/mol. The third-order valence-corrected chi connectivity index (χ3v) is 4.08. The zero-order chi connectivity index (χ0) is 20.2. The van der Waals surface area contributed by atoms with E-state index in [0.29, 0.717) is 6.42 Å². The van der Waals surface area contributed by atoms with Crippen molar-refractivity contribution >= 4 is 18.0 Å². The molecule has 0 unspecified atom stereocenters. The Labute approximate surface area is 160 Å². The van der Waals surface area contributed by atoms with Crippen LogP contribution in [0.25, 0.3) is 0 Å². The van der Waals surface area contributed by atoms with Crippen LogP contribution in [0.5, 0.6) is 0 Å². The van der Waals surface area contributed by atoms with Gasteiger partial charge in [-0.05, 0) is 17.9 Å². The van der Waals surface area contributed by atoms with Crippen LogP contribution in [0, 0.1) is 5.92 Å². The van der Waals surface area contributed by atoms with Crippen LogP contribution < -0.4 is 10.6 Å². The van der Waals surface area contributed by atoms with E-state index in [1.54, 1.807) is 13.8 Å². The van der Waals surface area contributed by atoms with E-state index in [-0.39, 0.29) is 12.5 Å². The molecular formula is C20H30N2O5. The number of methoxy groups -OCH3 is 1. The number of unbranched alkanes of at least 4 members (excludes halogenated alkanes) is 1. The Kier molecular flexibility index (Phi) is 9.93. The van der Waals surface area contributed by atoms with E-state index in [2.05, 4.69) is 10.6 Å². The highest BCUT2D eigenvalue weighted by atomic mass is 16.5. The highest BCUT2D eigenvalue weighted by Crippen LogP contribution is 2.08. The molecule has 0 saturated carbocycles. The number of ether oxygens (including phenoxy) is 2. The number of carbonyl (C=O) groups is 3. The normalized spacial score (nSPS) is 12.8. The summed E-state index contributed by atoms with van der Waals surface area (Å²) in [4.78, 5) is 36.6. The Hall–Kier alpha value is -2.57. The van der Waals surface area contributed by atoms with Gasteiger partial charge in [0.25, 0.3) is 0 Å². The number of hydrogen-bond donors (Lipinski definition) is 2. The van der Waals surface area contributed by atoms with Crippen LogP contribution in [-0.4, -0.2) is 37.2 Å². The van der Waals surface area contributed by atoms with Crippen LogP contribution in [0.15, 0.2) is 30.3 Å². The molecule has 150 valence electrons. The van der Waals surface area contributed by atoms with Crippen LogP contribution in [0.1, 0.15) is 45.6 Å². The Bertz CT molecular complexity index is 604. The number of amides is 2. The van der Waals surface area contributed by atoms with E-state index in [4.69, 9.17) is 9.47 Å². The number of rotatable bonds is 10. The lowest BCUT2D eigenvalue weighted by Gasteiger charge is -2.24. The van der Waals surface area contributed by atoms with E-state index in [1.165, 1.54) is 7.11 Å². The molecule has 0 radical (unpaired) electrons. The molecule has 0 aliphatic heterocycles. The van der Waals surface area contributed by atoms with E-state index < -0.39 is 30.1 Å². The Morgan fingerprint density at radius 3 is 2.30 bits per heavy atom. The van der Waals surface area contributed by atoms with Gasteiger partial charge in [0.1, 0.15) is 18.7 Å². The van der Waals surface area contributed by atoms with Crippen LogP contribution in [-0.2, 0) is 25.7 Å². The second kappa shape index (κ2) is 11.9. The van der Waals surface area contributed by atoms with Gasteiger partial charge in [-0.25, -0.2) is 9.59 Å². The van der Waals surface area contributed by atoms with E-state index in [1.807, 2.05) is 37.3 Å². The lowest BCUT2D eigenvalue weighted by Crippen LogP contribution is -2.53. The second-order valence-corrected chi connectivity index (χ2v) is 6.65. The quantitative estimate of drug-likeness (QED) is 0.611. The number of nitrogens with one attached hydrogen (secondary N) is 2. The molecule has 0 aliphatic rings. The lowest BCUT2D eigenvalue weighted by molar-refractivity contribution is -0.145. The first-order valence-corrected chi connectivity index (χ1v) is 9.24. The average Bonchev–Trinajstić information content (AvgIpc) is 2.67. The van der Waals surface area contributed by atoms with Crippen molar-refractivity contribution in [1.29, 1.82) is 0 Å². The fraction of sp³-hybridized carbons (Fsp3) is 0.550. The molecule has 27 heavy (non-hydrogen) atoms. The van der Waals surface area contributed by atoms with Crippen LogP contribution in [0.2, 0.25) is 0 Å². The maximum absolute atomic E-state index is 12.6. The second-order valence-electron chi connectivity index (χ2n) is 6.65. The number of esters is 1. The molecule has 1 aromatic rings. The number of alkyl carbamates (subject to hydrolysis) is 1. The summed E-state index contributed by atoms with van der Waals surface area (Å²) < 4.78 is 9.93. The van der Waals surface area contributed by atoms with Crippen LogP contribution >= 0.6 is 0 Å². The summed E-state index contributed by atoms with van der Waals surface area (Å²) in [6, 6.07) is 7.71. The highest BCUT2D eigenvalue weighted by Gasteiger charge is 2.29. The fourth-order valence-corrected chi connectivity index (χ4v) is 2.49. The third-order valence-electron chi connectivity index (χ3n) is 4.08. The zero-order valence-corrected chi connectivity index (χ0v) is 16.5. The highest BCUT2D eigenvalue weighted by molar-refractivity contribution is 5.89. The molecule has 0 fully saturated rings. The van der Waals surface area contributed by atoms with Crippen molar-refractivity contribution < 1.29 is 23.9 Å². The minimum atomic E-state index is -0.818. The van der Waals surface area contributed by atoms with Gasteiger partial charge in [0.05, 0.1) is 7.11 Å². The van der Waals surface area contributed by atoms with Gasteiger partial charge in [-0.2, -0.15) is 0 Å². The van der Waals surface area contributed by atoms with Gasteiger partial charge in [-0.1, -0.05) is 63.9 Å². The monoisotopic (exact) mass is 378 g/mol. The summed E-state index contributed by atoms with van der Waals surface area (Å²) in [5, 5.41) is 5.26. The largest absolute Gasteiger partial charge is 0.467 e. The predicted octanol–water partition coefficient (Wildman–Crippen LogP) is 2.79. The maximum atomic E-state index is 12.6. The van der Waals surface area contributed by atoms with Gasteiger partial charge in [0.2, 0.25) is 5.91 Å². The molecular weight excluding hydrogens is 348 g/mol. The zero-order valence-electron chi connectivity index (χ0n) is 16.5. The van der Waals surface area contributed by atoms with E-state index >= 15 is 0 Å². The van der Waals surface area contributed by atoms with Gasteiger partial charge in [-0.3, -0.25) is 4.79 Å². The summed E-state index contributed by atoms with van der Waals surface area (Å²) in [6.45, 7) is 5.72. The molecule has 2 N–H and O–H groups in total. The Morgan fingerprint density at radius 2 is 1.74 bits per heavy atom. The number of carbonyl (C=O) groups excluding carboxylic acids is 3. The number of hydrogen-bond acceptors (Lipinski definition) is 5. The molecule has 0 aromatic heterocycles. The van der Waals surface area contributed by atoms with Crippen molar-refractivity contribution in [2.75, 3.05) is 7.11 Å². The van der Waals surface area contributed by atoms with Gasteiger partial charge >= 0.3 is 12.1 Å². The Balaban J connectivity index is 2.65. The van der Waals surface area contributed by atoms with Gasteiger partial charge in [-0.15, -0.1) is 0 Å². The van der Waals surface area contributed by atoms with E-state index in [0.717, 1.165) is 18.4 Å². The first-order valence-electron chi connectivity index (χ1n) is 9.24. The third kappa shape index (κ3) is 8.11. The van der Waals surface area contributed by atoms with Gasteiger partial charge in [0, 0.05) is 0 Å². The van der Waals surface area contributed by atoms with Crippen LogP contribution in [0.4, 0.5) is 4.79 Å². The van der Waals surface area contributed by atoms with Gasteiger partial charge in [0.15, 0.2) is 0 Å². The molecule has 1 rings (SSSR count). The molecule has 7 heteroatoms. The predicted molar refractivity (Wildman–Crippen MR) is 102 cm³/mol. The minimum Gasteiger partial charge on any atom is -0.467 e. The van der Waals surface area contributed by atoms with Gasteiger partial charge < -0.3 is 20.1 Å². The molecule has 0 saturated heterocycles. The number of benzene rings is 1. The molecule has 7 nitrogen and oxygen atoms in total. The SMILES string of the molecule is CCCC[C@@H](NC(=O)[C@H](NC(=O)OCc1ccccc1)C(C)C)C(=O)OC. The molecule has 0 spiro atoms. The summed E-state index contributed by atoms with van der Waals surface area (Å²) >= 11 is 0. The van der Waals surface area contributed by atoms with E-state index in [9.17, 15) is 14.4 Å². The standard InChI is InChI=1S/C20H30N2O5/c1-5-6-12-16(19(24)26-4)21-18(23)17(14(2)3)22-20(25)27-13-15-10-8-7-9-11-15/h7-11,14,16-17H,5-6,12-13H2,1-4H3,(H,21,23)(H,22,25)/t16-,17-/m1/s1. The minimum absolute atomic E-state index is 0.112. The summed E-state index contributed by atoms with van der Waals surface area (Å²) in [7, 11) is 1.28. The first-order chi connectivity index (χ1) is 12.9. The molecule has 2 atom stereocenters. The summed E-state index contributed by atoms with van der Waals surface area (Å²) in [5.74, 6) is -1.11. The molecule has 0 heterocycles. The van der Waals surface area contributed by atoms with Crippen molar-refractivity contribution in [3.63, 3.8) is 0 Å².